The molecule has 0 radical (unpaired) electrons. The number of pyridine rings is 2. The highest BCUT2D eigenvalue weighted by Crippen LogP contribution is 2.27. The molecule has 1 saturated heterocycles. The van der Waals surface area contributed by atoms with Crippen molar-refractivity contribution in [2.75, 3.05) is 0 Å². The number of carbonyl (C=O) groups excluding carboxylic acids is 3. The summed E-state index contributed by atoms with van der Waals surface area (Å²) in [7, 11) is 0. The summed E-state index contributed by atoms with van der Waals surface area (Å²) in [5, 5.41) is 3.50. The van der Waals surface area contributed by atoms with Crippen LogP contribution in [0, 0.1) is 6.92 Å². The van der Waals surface area contributed by atoms with Gasteiger partial charge in [-0.3, -0.25) is 19.8 Å². The summed E-state index contributed by atoms with van der Waals surface area (Å²) in [4.78, 5) is 55.7. The predicted octanol–water partition coefficient (Wildman–Crippen LogP) is 1.84. The molecule has 2 N–H and O–H groups in total. The van der Waals surface area contributed by atoms with Crippen molar-refractivity contribution in [2.24, 2.45) is 0 Å². The number of imide groups is 1. The van der Waals surface area contributed by atoms with Gasteiger partial charge in [0.2, 0.25) is 5.43 Å². The van der Waals surface area contributed by atoms with Crippen LogP contribution >= 0.6 is 0 Å². The number of fused-ring (bicyclic) bond motifs is 1. The van der Waals surface area contributed by atoms with Gasteiger partial charge in [-0.1, -0.05) is 30.3 Å². The van der Waals surface area contributed by atoms with E-state index in [0.29, 0.717) is 22.8 Å². The molecule has 158 valence electrons. The minimum absolute atomic E-state index is 0.186. The van der Waals surface area contributed by atoms with Gasteiger partial charge in [-0.15, -0.1) is 0 Å². The normalized spacial score (nSPS) is 18.4. The van der Waals surface area contributed by atoms with E-state index in [4.69, 9.17) is 0 Å². The highest BCUT2D eigenvalue weighted by molar-refractivity contribution is 6.09. The number of urea groups is 1. The first kappa shape index (κ1) is 20.3. The summed E-state index contributed by atoms with van der Waals surface area (Å²) in [6.07, 6.45) is 1.39. The zero-order valence-corrected chi connectivity index (χ0v) is 17.3. The molecule has 0 saturated carbocycles. The molecule has 3 aromatic rings. The van der Waals surface area contributed by atoms with Gasteiger partial charge in [0.25, 0.3) is 11.8 Å². The third-order valence-corrected chi connectivity index (χ3v) is 5.40. The molecule has 3 heterocycles. The molecular formula is C22H21N5O4. The molecule has 4 rings (SSSR count). The van der Waals surface area contributed by atoms with Crippen LogP contribution in [0.5, 0.6) is 0 Å². The number of aromatic nitrogens is 2. The summed E-state index contributed by atoms with van der Waals surface area (Å²) in [5.74, 6) is -1.50. The predicted molar refractivity (Wildman–Crippen MR) is 113 cm³/mol. The van der Waals surface area contributed by atoms with Crippen molar-refractivity contribution >= 4 is 28.9 Å². The van der Waals surface area contributed by atoms with Gasteiger partial charge in [0.1, 0.15) is 16.7 Å². The Morgan fingerprint density at radius 2 is 1.84 bits per heavy atom. The summed E-state index contributed by atoms with van der Waals surface area (Å²) in [6.45, 7) is 5.70. The Morgan fingerprint density at radius 3 is 2.52 bits per heavy atom. The minimum atomic E-state index is -1.33. The smallest absolute Gasteiger partial charge is 0.332 e. The fourth-order valence-electron chi connectivity index (χ4n) is 3.63. The van der Waals surface area contributed by atoms with E-state index in [9.17, 15) is 19.2 Å². The van der Waals surface area contributed by atoms with Crippen molar-refractivity contribution in [2.45, 2.75) is 32.9 Å². The van der Waals surface area contributed by atoms with Crippen LogP contribution in [-0.2, 0) is 16.9 Å². The second-order valence-corrected chi connectivity index (χ2v) is 7.48. The zero-order chi connectivity index (χ0) is 22.3. The van der Waals surface area contributed by atoms with E-state index in [1.54, 1.807) is 54.0 Å². The Kier molecular flexibility index (Phi) is 4.81. The molecule has 2 aromatic heterocycles. The van der Waals surface area contributed by atoms with Crippen molar-refractivity contribution in [3.05, 3.63) is 75.7 Å². The maximum Gasteiger partial charge on any atom is 0.344 e. The fraction of sp³-hybridized carbons (Fsp3) is 0.227. The van der Waals surface area contributed by atoms with Crippen molar-refractivity contribution < 1.29 is 14.4 Å². The number of rotatable bonds is 4. The molecule has 1 fully saturated rings. The molecule has 0 bridgehead atoms. The van der Waals surface area contributed by atoms with Crippen LogP contribution in [0.15, 0.2) is 53.5 Å². The SMILES string of the molecule is CCn1cc(C(=O)NN2C(=O)N[C@](C)(c3ccccc3)C2=O)c(=O)c2ccc(C)nc21. The number of aryl methyl sites for hydroxylation is 2. The Morgan fingerprint density at radius 1 is 1.13 bits per heavy atom. The van der Waals surface area contributed by atoms with E-state index in [-0.39, 0.29) is 10.9 Å². The molecule has 0 spiro atoms. The molecule has 1 aliphatic rings. The number of carbonyl (C=O) groups is 3. The second-order valence-electron chi connectivity index (χ2n) is 7.48. The molecule has 0 aliphatic carbocycles. The molecule has 1 aliphatic heterocycles. The van der Waals surface area contributed by atoms with Crippen molar-refractivity contribution in [3.63, 3.8) is 0 Å². The lowest BCUT2D eigenvalue weighted by Gasteiger charge is -2.22. The van der Waals surface area contributed by atoms with Gasteiger partial charge >= 0.3 is 6.03 Å². The number of nitrogens with one attached hydrogen (secondary N) is 2. The molecule has 0 unspecified atom stereocenters. The van der Waals surface area contributed by atoms with Crippen LogP contribution in [0.25, 0.3) is 11.0 Å². The van der Waals surface area contributed by atoms with Gasteiger partial charge in [0.05, 0.1) is 5.39 Å². The molecule has 1 aromatic carbocycles. The van der Waals surface area contributed by atoms with E-state index in [1.807, 2.05) is 13.8 Å². The van der Waals surface area contributed by atoms with Crippen LogP contribution in [0.4, 0.5) is 4.79 Å². The third-order valence-electron chi connectivity index (χ3n) is 5.40. The average Bonchev–Trinajstić information content (AvgIpc) is 2.98. The summed E-state index contributed by atoms with van der Waals surface area (Å²) < 4.78 is 1.68. The quantitative estimate of drug-likeness (QED) is 0.627. The van der Waals surface area contributed by atoms with Crippen molar-refractivity contribution in [1.29, 1.82) is 0 Å². The largest absolute Gasteiger partial charge is 0.344 e. The molecule has 9 nitrogen and oxygen atoms in total. The number of hydrogen-bond donors (Lipinski definition) is 2. The van der Waals surface area contributed by atoms with E-state index >= 15 is 0 Å². The van der Waals surface area contributed by atoms with Gasteiger partial charge in [0.15, 0.2) is 0 Å². The highest BCUT2D eigenvalue weighted by Gasteiger charge is 2.50. The van der Waals surface area contributed by atoms with E-state index in [2.05, 4.69) is 15.7 Å². The topological polar surface area (TPSA) is 113 Å². The number of amides is 4. The van der Waals surface area contributed by atoms with E-state index in [1.165, 1.54) is 6.20 Å². The summed E-state index contributed by atoms with van der Waals surface area (Å²) in [5.41, 5.74) is 2.03. The van der Waals surface area contributed by atoms with E-state index < -0.39 is 28.8 Å². The van der Waals surface area contributed by atoms with Crippen LogP contribution in [0.3, 0.4) is 0 Å². The van der Waals surface area contributed by atoms with E-state index in [0.717, 1.165) is 5.69 Å². The highest BCUT2D eigenvalue weighted by atomic mass is 16.2. The number of benzene rings is 1. The Balaban J connectivity index is 1.69. The molecule has 4 amide bonds. The Hall–Kier alpha value is -4.01. The van der Waals surface area contributed by atoms with Gasteiger partial charge in [-0.25, -0.2) is 9.78 Å². The lowest BCUT2D eigenvalue weighted by Crippen LogP contribution is -2.48. The maximum atomic E-state index is 13.0. The summed E-state index contributed by atoms with van der Waals surface area (Å²) in [6, 6.07) is 11.2. The number of nitrogens with zero attached hydrogens (tertiary/aromatic N) is 3. The first-order valence-corrected chi connectivity index (χ1v) is 9.80. The Bertz CT molecular complexity index is 1280. The van der Waals surface area contributed by atoms with Crippen LogP contribution < -0.4 is 16.2 Å². The maximum absolute atomic E-state index is 13.0. The number of hydrazine groups is 1. The van der Waals surface area contributed by atoms with Crippen LogP contribution in [0.2, 0.25) is 0 Å². The molecule has 31 heavy (non-hydrogen) atoms. The lowest BCUT2D eigenvalue weighted by atomic mass is 9.92. The van der Waals surface area contributed by atoms with Crippen molar-refractivity contribution in [3.8, 4) is 0 Å². The van der Waals surface area contributed by atoms with Crippen LogP contribution in [-0.4, -0.2) is 32.4 Å². The first-order chi connectivity index (χ1) is 14.8. The number of hydrogen-bond acceptors (Lipinski definition) is 5. The van der Waals surface area contributed by atoms with Gasteiger partial charge in [-0.05, 0) is 38.5 Å². The standard InChI is InChI=1S/C22H21N5O4/c1-4-26-12-16(17(28)15-11-10-13(2)23-18(15)26)19(29)25-27-20(30)22(3,24-21(27)31)14-8-6-5-7-9-14/h5-12H,4H2,1-3H3,(H,24,31)(H,25,29)/t22-/m1/s1. The molecule has 9 heteroatoms. The third kappa shape index (κ3) is 3.24. The fourth-order valence-corrected chi connectivity index (χ4v) is 3.63. The second kappa shape index (κ2) is 7.35. The Labute approximate surface area is 177 Å². The summed E-state index contributed by atoms with van der Waals surface area (Å²) >= 11 is 0. The zero-order valence-electron chi connectivity index (χ0n) is 17.3. The van der Waals surface area contributed by atoms with Gasteiger partial charge < -0.3 is 9.88 Å². The van der Waals surface area contributed by atoms with Crippen LogP contribution in [0.1, 0.15) is 35.5 Å². The monoisotopic (exact) mass is 419 g/mol. The minimum Gasteiger partial charge on any atom is -0.332 e. The van der Waals surface area contributed by atoms with Crippen molar-refractivity contribution in [1.82, 2.24) is 25.3 Å². The molecule has 1 atom stereocenters. The van der Waals surface area contributed by atoms with Gasteiger partial charge in [-0.2, -0.15) is 5.01 Å². The van der Waals surface area contributed by atoms with Gasteiger partial charge in [0, 0.05) is 18.4 Å². The first-order valence-electron chi connectivity index (χ1n) is 9.80. The lowest BCUT2D eigenvalue weighted by molar-refractivity contribution is -0.132. The average molecular weight is 419 g/mol. The molecular weight excluding hydrogens is 398 g/mol.